The number of aliphatic hydroxyl groups excluding tert-OH is 1. The number of hydrogen-bond acceptors (Lipinski definition) is 3. The topological polar surface area (TPSA) is 46.5 Å². The Hall–Kier alpha value is -1.01. The zero-order chi connectivity index (χ0) is 18.8. The van der Waals surface area contributed by atoms with Crippen molar-refractivity contribution in [3.63, 3.8) is 0 Å². The van der Waals surface area contributed by atoms with Crippen molar-refractivity contribution >= 4 is 5.97 Å². The molecule has 0 amide bonds. The molecule has 146 valence electrons. The molecule has 0 rings (SSSR count). The molecule has 1 atom stereocenters. The molecule has 3 heteroatoms. The molecule has 1 N–H and O–H groups in total. The molecule has 0 aliphatic rings. The first-order chi connectivity index (χ1) is 12.1. The molecule has 0 aromatic heterocycles. The number of esters is 1. The number of ether oxygens (including phenoxy) is 1. The monoisotopic (exact) mass is 352 g/mol. The van der Waals surface area contributed by atoms with Crippen LogP contribution in [0.1, 0.15) is 104 Å². The molecule has 0 aliphatic carbocycles. The van der Waals surface area contributed by atoms with Crippen LogP contribution in [0, 0.1) is 17.8 Å². The Balaban J connectivity index is 3.24. The van der Waals surface area contributed by atoms with Crippen LogP contribution in [0.2, 0.25) is 0 Å². The van der Waals surface area contributed by atoms with Crippen molar-refractivity contribution in [2.45, 2.75) is 110 Å². The molecule has 0 fully saturated rings. The number of rotatable bonds is 15. The van der Waals surface area contributed by atoms with E-state index in [2.05, 4.69) is 25.7 Å². The number of hydrogen-bond donors (Lipinski definition) is 1. The second-order valence-corrected chi connectivity index (χ2v) is 7.31. The predicted octanol–water partition coefficient (Wildman–Crippen LogP) is 5.64. The Morgan fingerprint density at radius 1 is 0.920 bits per heavy atom. The molecule has 0 bridgehead atoms. The molecule has 3 nitrogen and oxygen atoms in total. The van der Waals surface area contributed by atoms with Crippen LogP contribution in [0.5, 0.6) is 0 Å². The van der Waals surface area contributed by atoms with E-state index in [1.54, 1.807) is 0 Å². The van der Waals surface area contributed by atoms with Gasteiger partial charge in [0.25, 0.3) is 0 Å². The Morgan fingerprint density at radius 3 is 1.96 bits per heavy atom. The molecule has 0 saturated carbocycles. The van der Waals surface area contributed by atoms with Gasteiger partial charge in [0.2, 0.25) is 0 Å². The second-order valence-electron chi connectivity index (χ2n) is 7.31. The highest BCUT2D eigenvalue weighted by molar-refractivity contribution is 5.69. The van der Waals surface area contributed by atoms with Crippen molar-refractivity contribution in [3.8, 4) is 11.8 Å². The van der Waals surface area contributed by atoms with Crippen molar-refractivity contribution in [1.29, 1.82) is 0 Å². The molecular formula is C22H40O3. The zero-order valence-electron chi connectivity index (χ0n) is 16.8. The third-order valence-corrected chi connectivity index (χ3v) is 4.20. The molecule has 0 radical (unpaired) electrons. The summed E-state index contributed by atoms with van der Waals surface area (Å²) in [5, 5.41) is 9.65. The van der Waals surface area contributed by atoms with Crippen LogP contribution in [0.25, 0.3) is 0 Å². The van der Waals surface area contributed by atoms with E-state index >= 15 is 0 Å². The van der Waals surface area contributed by atoms with E-state index < -0.39 is 6.10 Å². The standard InChI is InChI=1S/C22H40O3/c1-4-25-22(24)18-16-14-12-10-8-6-5-7-9-11-13-15-17-21(23)19-20(2)3/h20-21,23H,4-14,16,18-19H2,1-3H3. The lowest BCUT2D eigenvalue weighted by molar-refractivity contribution is -0.143. The maximum Gasteiger partial charge on any atom is 0.305 e. The van der Waals surface area contributed by atoms with Crippen LogP contribution in [0.4, 0.5) is 0 Å². The van der Waals surface area contributed by atoms with Crippen LogP contribution >= 0.6 is 0 Å². The number of unbranched alkanes of at least 4 members (excludes halogenated alkanes) is 10. The maximum absolute atomic E-state index is 11.2. The number of carbonyl (C=O) groups excluding carboxylic acids is 1. The van der Waals surface area contributed by atoms with E-state index in [1.807, 2.05) is 6.92 Å². The summed E-state index contributed by atoms with van der Waals surface area (Å²) in [6.45, 7) is 6.55. The minimum absolute atomic E-state index is 0.0541. The highest BCUT2D eigenvalue weighted by Crippen LogP contribution is 2.12. The summed E-state index contributed by atoms with van der Waals surface area (Å²) >= 11 is 0. The van der Waals surface area contributed by atoms with Gasteiger partial charge in [-0.2, -0.15) is 0 Å². The van der Waals surface area contributed by atoms with E-state index in [4.69, 9.17) is 4.74 Å². The van der Waals surface area contributed by atoms with Crippen molar-refractivity contribution in [2.24, 2.45) is 5.92 Å². The minimum atomic E-state index is -0.447. The van der Waals surface area contributed by atoms with Crippen LogP contribution in [0.3, 0.4) is 0 Å². The quantitative estimate of drug-likeness (QED) is 0.236. The van der Waals surface area contributed by atoms with Gasteiger partial charge in [0, 0.05) is 12.8 Å². The fourth-order valence-electron chi connectivity index (χ4n) is 2.83. The smallest absolute Gasteiger partial charge is 0.305 e. The lowest BCUT2D eigenvalue weighted by Crippen LogP contribution is -2.06. The van der Waals surface area contributed by atoms with Gasteiger partial charge in [0.15, 0.2) is 0 Å². The first-order valence-corrected chi connectivity index (χ1v) is 10.4. The average Bonchev–Trinajstić information content (AvgIpc) is 2.54. The highest BCUT2D eigenvalue weighted by atomic mass is 16.5. The Bertz CT molecular complexity index is 365. The van der Waals surface area contributed by atoms with E-state index in [0.29, 0.717) is 18.9 Å². The molecule has 0 aromatic carbocycles. The molecular weight excluding hydrogens is 312 g/mol. The molecule has 25 heavy (non-hydrogen) atoms. The summed E-state index contributed by atoms with van der Waals surface area (Å²) in [6, 6.07) is 0. The largest absolute Gasteiger partial charge is 0.466 e. The van der Waals surface area contributed by atoms with Gasteiger partial charge in [-0.25, -0.2) is 0 Å². The van der Waals surface area contributed by atoms with Crippen molar-refractivity contribution in [3.05, 3.63) is 0 Å². The molecule has 0 saturated heterocycles. The second kappa shape index (κ2) is 17.8. The van der Waals surface area contributed by atoms with E-state index in [-0.39, 0.29) is 5.97 Å². The van der Waals surface area contributed by atoms with E-state index in [0.717, 1.165) is 32.1 Å². The molecule has 0 aromatic rings. The average molecular weight is 353 g/mol. The van der Waals surface area contributed by atoms with Gasteiger partial charge < -0.3 is 9.84 Å². The van der Waals surface area contributed by atoms with Crippen LogP contribution in [-0.2, 0) is 9.53 Å². The van der Waals surface area contributed by atoms with Gasteiger partial charge in [0.1, 0.15) is 6.10 Å². The Labute approximate surface area is 155 Å². The van der Waals surface area contributed by atoms with Gasteiger partial charge in [-0.05, 0) is 32.1 Å². The predicted molar refractivity (Wildman–Crippen MR) is 105 cm³/mol. The van der Waals surface area contributed by atoms with Gasteiger partial charge in [-0.3, -0.25) is 4.79 Å². The third kappa shape index (κ3) is 19.2. The summed E-state index contributed by atoms with van der Waals surface area (Å²) in [7, 11) is 0. The van der Waals surface area contributed by atoms with Crippen molar-refractivity contribution in [2.75, 3.05) is 6.61 Å². The normalized spacial score (nSPS) is 11.9. The number of carbonyl (C=O) groups is 1. The summed E-state index contributed by atoms with van der Waals surface area (Å²) in [6.07, 6.45) is 14.0. The summed E-state index contributed by atoms with van der Waals surface area (Å²) < 4.78 is 4.92. The lowest BCUT2D eigenvalue weighted by Gasteiger charge is -2.05. The first kappa shape index (κ1) is 24.0. The fourth-order valence-corrected chi connectivity index (χ4v) is 2.83. The number of aliphatic hydroxyl groups is 1. The first-order valence-electron chi connectivity index (χ1n) is 10.4. The Kier molecular flexibility index (Phi) is 17.1. The highest BCUT2D eigenvalue weighted by Gasteiger charge is 2.02. The molecule has 0 aliphatic heterocycles. The molecule has 0 spiro atoms. The molecule has 0 heterocycles. The van der Waals surface area contributed by atoms with Gasteiger partial charge in [-0.1, -0.05) is 71.1 Å². The van der Waals surface area contributed by atoms with Crippen molar-refractivity contribution < 1.29 is 14.6 Å². The van der Waals surface area contributed by atoms with Crippen molar-refractivity contribution in [1.82, 2.24) is 0 Å². The van der Waals surface area contributed by atoms with E-state index in [1.165, 1.54) is 44.9 Å². The van der Waals surface area contributed by atoms with Gasteiger partial charge in [-0.15, -0.1) is 5.92 Å². The minimum Gasteiger partial charge on any atom is -0.466 e. The fraction of sp³-hybridized carbons (Fsp3) is 0.864. The van der Waals surface area contributed by atoms with Crippen LogP contribution < -0.4 is 0 Å². The third-order valence-electron chi connectivity index (χ3n) is 4.20. The molecule has 1 unspecified atom stereocenters. The van der Waals surface area contributed by atoms with E-state index in [9.17, 15) is 9.90 Å². The summed E-state index contributed by atoms with van der Waals surface area (Å²) in [5.74, 6) is 6.49. The zero-order valence-corrected chi connectivity index (χ0v) is 16.8. The van der Waals surface area contributed by atoms with Crippen LogP contribution in [0.15, 0.2) is 0 Å². The van der Waals surface area contributed by atoms with Crippen LogP contribution in [-0.4, -0.2) is 23.8 Å². The SMILES string of the molecule is CCOC(=O)CCCCCCCCCCCCC#CC(O)CC(C)C. The lowest BCUT2D eigenvalue weighted by atomic mass is 10.0. The maximum atomic E-state index is 11.2. The summed E-state index contributed by atoms with van der Waals surface area (Å²) in [5.41, 5.74) is 0. The van der Waals surface area contributed by atoms with Gasteiger partial charge >= 0.3 is 5.97 Å². The Morgan fingerprint density at radius 2 is 1.44 bits per heavy atom. The summed E-state index contributed by atoms with van der Waals surface area (Å²) in [4.78, 5) is 11.2. The van der Waals surface area contributed by atoms with Gasteiger partial charge in [0.05, 0.1) is 6.61 Å².